The molecule has 0 radical (unpaired) electrons. The van der Waals surface area contributed by atoms with E-state index in [-0.39, 0.29) is 0 Å². The zero-order valence-electron chi connectivity index (χ0n) is 13.0. The van der Waals surface area contributed by atoms with Crippen LogP contribution in [0.4, 0.5) is 0 Å². The zero-order chi connectivity index (χ0) is 14.2. The Morgan fingerprint density at radius 1 is 1.40 bits per heavy atom. The van der Waals surface area contributed by atoms with E-state index in [4.69, 9.17) is 0 Å². The zero-order valence-corrected chi connectivity index (χ0v) is 13.0. The molecule has 3 heteroatoms. The van der Waals surface area contributed by atoms with E-state index in [1.807, 2.05) is 12.3 Å². The molecular formula is C17H29N3. The number of hydrogen-bond donors (Lipinski definition) is 1. The standard InChI is InChI=1S/C17H29N3/c1-3-11-18-15(2)17-9-5-7-13-20(17)14-10-16-8-4-6-12-19-16/h4,6,8,12,15,17-18H,3,5,7,9-11,13-14H2,1-2H3. The lowest BCUT2D eigenvalue weighted by Crippen LogP contribution is -2.51. The lowest BCUT2D eigenvalue weighted by Gasteiger charge is -2.39. The Morgan fingerprint density at radius 2 is 2.30 bits per heavy atom. The van der Waals surface area contributed by atoms with Crippen LogP contribution in [-0.4, -0.2) is 41.6 Å². The largest absolute Gasteiger partial charge is 0.313 e. The molecule has 0 bridgehead atoms. The molecule has 3 nitrogen and oxygen atoms in total. The van der Waals surface area contributed by atoms with Crippen LogP contribution in [0, 0.1) is 0 Å². The third-order valence-corrected chi connectivity index (χ3v) is 4.34. The summed E-state index contributed by atoms with van der Waals surface area (Å²) in [6, 6.07) is 7.50. The molecule has 2 rings (SSSR count). The first-order chi connectivity index (χ1) is 9.81. The van der Waals surface area contributed by atoms with Crippen molar-refractivity contribution in [3.05, 3.63) is 30.1 Å². The number of rotatable bonds is 7. The first kappa shape index (κ1) is 15.5. The second kappa shape index (κ2) is 8.38. The van der Waals surface area contributed by atoms with Crippen LogP contribution >= 0.6 is 0 Å². The molecule has 2 atom stereocenters. The molecule has 2 heterocycles. The third kappa shape index (κ3) is 4.57. The highest BCUT2D eigenvalue weighted by atomic mass is 15.2. The second-order valence-corrected chi connectivity index (χ2v) is 5.91. The summed E-state index contributed by atoms with van der Waals surface area (Å²) in [6.07, 6.45) is 8.24. The summed E-state index contributed by atoms with van der Waals surface area (Å²) >= 11 is 0. The molecule has 0 aromatic carbocycles. The van der Waals surface area contributed by atoms with Crippen molar-refractivity contribution in [2.75, 3.05) is 19.6 Å². The molecule has 1 fully saturated rings. The first-order valence-corrected chi connectivity index (χ1v) is 8.18. The monoisotopic (exact) mass is 275 g/mol. The van der Waals surface area contributed by atoms with Crippen molar-refractivity contribution in [2.24, 2.45) is 0 Å². The van der Waals surface area contributed by atoms with Gasteiger partial charge in [-0.2, -0.15) is 0 Å². The SMILES string of the molecule is CCCNC(C)C1CCCCN1CCc1ccccn1. The Morgan fingerprint density at radius 3 is 3.05 bits per heavy atom. The number of nitrogens with one attached hydrogen (secondary N) is 1. The number of likely N-dealkylation sites (tertiary alicyclic amines) is 1. The van der Waals surface area contributed by atoms with Gasteiger partial charge in [-0.15, -0.1) is 0 Å². The predicted molar refractivity (Wildman–Crippen MR) is 84.9 cm³/mol. The normalized spacial score (nSPS) is 21.8. The Bertz CT molecular complexity index is 366. The molecule has 0 saturated carbocycles. The van der Waals surface area contributed by atoms with Gasteiger partial charge in [0.05, 0.1) is 0 Å². The van der Waals surface area contributed by atoms with Crippen molar-refractivity contribution < 1.29 is 0 Å². The molecule has 112 valence electrons. The molecule has 1 N–H and O–H groups in total. The molecule has 1 saturated heterocycles. The van der Waals surface area contributed by atoms with Crippen LogP contribution in [0.3, 0.4) is 0 Å². The molecular weight excluding hydrogens is 246 g/mol. The molecule has 20 heavy (non-hydrogen) atoms. The van der Waals surface area contributed by atoms with Gasteiger partial charge >= 0.3 is 0 Å². The number of pyridine rings is 1. The van der Waals surface area contributed by atoms with Crippen LogP contribution in [0.1, 0.15) is 45.2 Å². The molecule has 1 aliphatic rings. The van der Waals surface area contributed by atoms with Gasteiger partial charge in [-0.05, 0) is 51.4 Å². The fourth-order valence-corrected chi connectivity index (χ4v) is 3.17. The first-order valence-electron chi connectivity index (χ1n) is 8.18. The Kier molecular flexibility index (Phi) is 6.48. The highest BCUT2D eigenvalue weighted by molar-refractivity contribution is 5.04. The summed E-state index contributed by atoms with van der Waals surface area (Å²) in [5.41, 5.74) is 1.21. The van der Waals surface area contributed by atoms with Gasteiger partial charge in [-0.25, -0.2) is 0 Å². The van der Waals surface area contributed by atoms with Gasteiger partial charge in [0.15, 0.2) is 0 Å². The Hall–Kier alpha value is -0.930. The van der Waals surface area contributed by atoms with Crippen LogP contribution in [0.15, 0.2) is 24.4 Å². The van der Waals surface area contributed by atoms with E-state index in [1.54, 1.807) is 0 Å². The van der Waals surface area contributed by atoms with Crippen molar-refractivity contribution in [1.29, 1.82) is 0 Å². The van der Waals surface area contributed by atoms with E-state index in [2.05, 4.69) is 41.2 Å². The van der Waals surface area contributed by atoms with Gasteiger partial charge in [0.2, 0.25) is 0 Å². The summed E-state index contributed by atoms with van der Waals surface area (Å²) in [7, 11) is 0. The van der Waals surface area contributed by atoms with Gasteiger partial charge in [-0.1, -0.05) is 19.4 Å². The summed E-state index contributed by atoms with van der Waals surface area (Å²) in [6.45, 7) is 8.10. The van der Waals surface area contributed by atoms with E-state index in [1.165, 1.54) is 37.9 Å². The van der Waals surface area contributed by atoms with E-state index in [9.17, 15) is 0 Å². The van der Waals surface area contributed by atoms with Crippen LogP contribution in [0.2, 0.25) is 0 Å². The van der Waals surface area contributed by atoms with Gasteiger partial charge < -0.3 is 5.32 Å². The predicted octanol–water partition coefficient (Wildman–Crippen LogP) is 2.87. The minimum absolute atomic E-state index is 0.596. The summed E-state index contributed by atoms with van der Waals surface area (Å²) in [4.78, 5) is 7.11. The van der Waals surface area contributed by atoms with E-state index < -0.39 is 0 Å². The average molecular weight is 275 g/mol. The molecule has 0 spiro atoms. The van der Waals surface area contributed by atoms with Crippen molar-refractivity contribution in [3.8, 4) is 0 Å². The van der Waals surface area contributed by atoms with Crippen LogP contribution in [0.25, 0.3) is 0 Å². The van der Waals surface area contributed by atoms with E-state index in [0.717, 1.165) is 19.5 Å². The van der Waals surface area contributed by atoms with Crippen molar-refractivity contribution in [2.45, 2.75) is 58.0 Å². The molecule has 1 aliphatic heterocycles. The van der Waals surface area contributed by atoms with Crippen molar-refractivity contribution in [3.63, 3.8) is 0 Å². The summed E-state index contributed by atoms with van der Waals surface area (Å²) in [5.74, 6) is 0. The second-order valence-electron chi connectivity index (χ2n) is 5.91. The molecule has 1 aromatic heterocycles. The molecule has 0 amide bonds. The van der Waals surface area contributed by atoms with Crippen molar-refractivity contribution in [1.82, 2.24) is 15.2 Å². The molecule has 0 aliphatic carbocycles. The quantitative estimate of drug-likeness (QED) is 0.829. The van der Waals surface area contributed by atoms with Gasteiger partial charge in [0.25, 0.3) is 0 Å². The van der Waals surface area contributed by atoms with Crippen LogP contribution < -0.4 is 5.32 Å². The minimum atomic E-state index is 0.596. The number of nitrogens with zero attached hydrogens (tertiary/aromatic N) is 2. The maximum atomic E-state index is 4.44. The van der Waals surface area contributed by atoms with Crippen LogP contribution in [0.5, 0.6) is 0 Å². The molecule has 1 aromatic rings. The summed E-state index contributed by atoms with van der Waals surface area (Å²) < 4.78 is 0. The van der Waals surface area contributed by atoms with E-state index >= 15 is 0 Å². The fourth-order valence-electron chi connectivity index (χ4n) is 3.17. The topological polar surface area (TPSA) is 28.2 Å². The Balaban J connectivity index is 1.86. The maximum absolute atomic E-state index is 4.44. The average Bonchev–Trinajstić information content (AvgIpc) is 2.52. The van der Waals surface area contributed by atoms with Gasteiger partial charge in [0.1, 0.15) is 0 Å². The minimum Gasteiger partial charge on any atom is -0.313 e. The van der Waals surface area contributed by atoms with Gasteiger partial charge in [0, 0.05) is 36.9 Å². The Labute approximate surface area is 123 Å². The maximum Gasteiger partial charge on any atom is 0.0416 e. The van der Waals surface area contributed by atoms with Crippen molar-refractivity contribution >= 4 is 0 Å². The van der Waals surface area contributed by atoms with Crippen LogP contribution in [-0.2, 0) is 6.42 Å². The van der Waals surface area contributed by atoms with E-state index in [0.29, 0.717) is 12.1 Å². The number of piperidine rings is 1. The highest BCUT2D eigenvalue weighted by Crippen LogP contribution is 2.20. The highest BCUT2D eigenvalue weighted by Gasteiger charge is 2.26. The van der Waals surface area contributed by atoms with Gasteiger partial charge in [-0.3, -0.25) is 9.88 Å². The smallest absolute Gasteiger partial charge is 0.0416 e. The number of hydrogen-bond acceptors (Lipinski definition) is 3. The fraction of sp³-hybridized carbons (Fsp3) is 0.706. The third-order valence-electron chi connectivity index (χ3n) is 4.34. The lowest BCUT2D eigenvalue weighted by molar-refractivity contribution is 0.120. The summed E-state index contributed by atoms with van der Waals surface area (Å²) in [5, 5.41) is 3.67. The molecule has 2 unspecified atom stereocenters. The number of aromatic nitrogens is 1. The lowest BCUT2D eigenvalue weighted by atomic mass is 9.96.